The highest BCUT2D eigenvalue weighted by Crippen LogP contribution is 2.39. The van der Waals surface area contributed by atoms with Crippen LogP contribution in [0.25, 0.3) is 9.88 Å². The maximum Gasteiger partial charge on any atom is 0.205 e. The van der Waals surface area contributed by atoms with Crippen LogP contribution in [0.2, 0.25) is 0 Å². The van der Waals surface area contributed by atoms with Crippen LogP contribution < -0.4 is 5.32 Å². The molecule has 2 heterocycles. The van der Waals surface area contributed by atoms with Crippen molar-refractivity contribution in [3.8, 4) is 9.88 Å². The monoisotopic (exact) mass is 298 g/mol. The Labute approximate surface area is 121 Å². The molecule has 0 aliphatic carbocycles. The Hall–Kier alpha value is -1.05. The third kappa shape index (κ3) is 3.10. The molecule has 5 nitrogen and oxygen atoms in total. The van der Waals surface area contributed by atoms with Crippen LogP contribution in [0, 0.1) is 0 Å². The molecule has 0 unspecified atom stereocenters. The summed E-state index contributed by atoms with van der Waals surface area (Å²) >= 11 is 3.18. The van der Waals surface area contributed by atoms with Crippen LogP contribution in [0.5, 0.6) is 0 Å². The molecular formula is C12H18N4OS2. The average Bonchev–Trinajstić information content (AvgIpc) is 2.93. The Bertz CT molecular complexity index is 556. The van der Waals surface area contributed by atoms with E-state index in [2.05, 4.69) is 36.3 Å². The number of nitrogens with one attached hydrogen (secondary N) is 1. The van der Waals surface area contributed by atoms with Gasteiger partial charge in [0, 0.05) is 19.6 Å². The molecule has 2 aromatic heterocycles. The SMILES string of the molecule is CNc1nnc(-c2sc(COC)nc2C(C)(C)C)s1. The summed E-state index contributed by atoms with van der Waals surface area (Å²) in [5.74, 6) is 0. The zero-order chi connectivity index (χ0) is 14.0. The molecule has 0 spiro atoms. The van der Waals surface area contributed by atoms with E-state index in [1.165, 1.54) is 0 Å². The lowest BCUT2D eigenvalue weighted by atomic mass is 9.91. The maximum atomic E-state index is 5.17. The molecule has 2 rings (SSSR count). The second kappa shape index (κ2) is 5.52. The summed E-state index contributed by atoms with van der Waals surface area (Å²) < 4.78 is 5.17. The molecule has 2 aromatic rings. The van der Waals surface area contributed by atoms with Crippen LogP contribution in [-0.4, -0.2) is 29.3 Å². The summed E-state index contributed by atoms with van der Waals surface area (Å²) in [6.07, 6.45) is 0. The molecule has 0 fully saturated rings. The van der Waals surface area contributed by atoms with E-state index in [-0.39, 0.29) is 5.41 Å². The second-order valence-electron chi connectivity index (χ2n) is 5.13. The van der Waals surface area contributed by atoms with E-state index < -0.39 is 0 Å². The molecule has 19 heavy (non-hydrogen) atoms. The number of methoxy groups -OCH3 is 1. The number of hydrogen-bond acceptors (Lipinski definition) is 7. The number of rotatable bonds is 4. The first-order valence-corrected chi connectivity index (χ1v) is 7.59. The van der Waals surface area contributed by atoms with Gasteiger partial charge in [-0.05, 0) is 0 Å². The highest BCUT2D eigenvalue weighted by molar-refractivity contribution is 7.23. The number of aromatic nitrogens is 3. The highest BCUT2D eigenvalue weighted by atomic mass is 32.1. The van der Waals surface area contributed by atoms with E-state index in [4.69, 9.17) is 9.72 Å². The number of ether oxygens (including phenoxy) is 1. The van der Waals surface area contributed by atoms with Crippen molar-refractivity contribution < 1.29 is 4.74 Å². The van der Waals surface area contributed by atoms with Gasteiger partial charge in [-0.25, -0.2) is 4.98 Å². The van der Waals surface area contributed by atoms with Crippen molar-refractivity contribution in [2.24, 2.45) is 0 Å². The number of anilines is 1. The summed E-state index contributed by atoms with van der Waals surface area (Å²) in [5.41, 5.74) is 1.03. The number of thiazole rings is 1. The second-order valence-corrected chi connectivity index (χ2v) is 7.19. The smallest absolute Gasteiger partial charge is 0.205 e. The van der Waals surface area contributed by atoms with Crippen LogP contribution in [0.15, 0.2) is 0 Å². The summed E-state index contributed by atoms with van der Waals surface area (Å²) in [6, 6.07) is 0. The molecule has 0 amide bonds. The molecule has 104 valence electrons. The van der Waals surface area contributed by atoms with Crippen molar-refractivity contribution in [2.45, 2.75) is 32.8 Å². The molecule has 0 atom stereocenters. The van der Waals surface area contributed by atoms with Crippen molar-refractivity contribution in [1.82, 2.24) is 15.2 Å². The van der Waals surface area contributed by atoms with Crippen molar-refractivity contribution >= 4 is 27.8 Å². The van der Waals surface area contributed by atoms with Gasteiger partial charge >= 0.3 is 0 Å². The van der Waals surface area contributed by atoms with Crippen molar-refractivity contribution in [3.05, 3.63) is 10.7 Å². The molecule has 0 aliphatic heterocycles. The van der Waals surface area contributed by atoms with Crippen LogP contribution >= 0.6 is 22.7 Å². The first-order chi connectivity index (χ1) is 8.95. The first-order valence-electron chi connectivity index (χ1n) is 5.96. The Balaban J connectivity index is 2.47. The summed E-state index contributed by atoms with van der Waals surface area (Å²) in [6.45, 7) is 7.00. The normalized spacial score (nSPS) is 11.8. The van der Waals surface area contributed by atoms with E-state index in [1.807, 2.05) is 7.05 Å². The molecule has 0 radical (unpaired) electrons. The van der Waals surface area contributed by atoms with Gasteiger partial charge < -0.3 is 10.1 Å². The minimum Gasteiger partial charge on any atom is -0.378 e. The van der Waals surface area contributed by atoms with Gasteiger partial charge in [-0.2, -0.15) is 0 Å². The fourth-order valence-corrected chi connectivity index (χ4v) is 3.63. The molecule has 1 N–H and O–H groups in total. The molecule has 0 saturated heterocycles. The van der Waals surface area contributed by atoms with Gasteiger partial charge in [-0.1, -0.05) is 32.1 Å². The lowest BCUT2D eigenvalue weighted by molar-refractivity contribution is 0.184. The van der Waals surface area contributed by atoms with Crippen molar-refractivity contribution in [3.63, 3.8) is 0 Å². The first kappa shape index (κ1) is 14.4. The average molecular weight is 298 g/mol. The van der Waals surface area contributed by atoms with E-state index in [9.17, 15) is 0 Å². The van der Waals surface area contributed by atoms with E-state index >= 15 is 0 Å². The highest BCUT2D eigenvalue weighted by Gasteiger charge is 2.26. The predicted molar refractivity (Wildman–Crippen MR) is 80.0 cm³/mol. The largest absolute Gasteiger partial charge is 0.378 e. The summed E-state index contributed by atoms with van der Waals surface area (Å²) in [7, 11) is 3.53. The lowest BCUT2D eigenvalue weighted by Gasteiger charge is -2.16. The molecule has 0 saturated carbocycles. The third-order valence-corrected chi connectivity index (χ3v) is 4.61. The fraction of sp³-hybridized carbons (Fsp3) is 0.583. The lowest BCUT2D eigenvalue weighted by Crippen LogP contribution is -2.13. The minimum atomic E-state index is -0.0245. The summed E-state index contributed by atoms with van der Waals surface area (Å²) in [4.78, 5) is 5.79. The van der Waals surface area contributed by atoms with Crippen LogP contribution in [0.4, 0.5) is 5.13 Å². The van der Waals surface area contributed by atoms with Crippen LogP contribution in [-0.2, 0) is 16.8 Å². The Kier molecular flexibility index (Phi) is 4.17. The number of nitrogens with zero attached hydrogens (tertiary/aromatic N) is 3. The van der Waals surface area contributed by atoms with Crippen LogP contribution in [0.3, 0.4) is 0 Å². The van der Waals surface area contributed by atoms with Gasteiger partial charge in [0.15, 0.2) is 5.01 Å². The Morgan fingerprint density at radius 1 is 1.21 bits per heavy atom. The predicted octanol–water partition coefficient (Wildman–Crippen LogP) is 3.15. The van der Waals surface area contributed by atoms with Crippen molar-refractivity contribution in [2.75, 3.05) is 19.5 Å². The summed E-state index contributed by atoms with van der Waals surface area (Å²) in [5, 5.41) is 14.0. The molecule has 0 aromatic carbocycles. The third-order valence-electron chi connectivity index (χ3n) is 2.48. The van der Waals surface area contributed by atoms with Gasteiger partial charge in [0.05, 0.1) is 17.2 Å². The van der Waals surface area contributed by atoms with Gasteiger partial charge in [0.2, 0.25) is 5.13 Å². The van der Waals surface area contributed by atoms with Gasteiger partial charge in [-0.3, -0.25) is 0 Å². The van der Waals surface area contributed by atoms with Gasteiger partial charge in [0.25, 0.3) is 0 Å². The Morgan fingerprint density at radius 3 is 2.47 bits per heavy atom. The maximum absolute atomic E-state index is 5.17. The zero-order valence-electron chi connectivity index (χ0n) is 11.8. The molecule has 7 heteroatoms. The van der Waals surface area contributed by atoms with Crippen LogP contribution in [0.1, 0.15) is 31.5 Å². The van der Waals surface area contributed by atoms with Gasteiger partial charge in [-0.15, -0.1) is 21.5 Å². The fourth-order valence-electron chi connectivity index (χ4n) is 1.62. The minimum absolute atomic E-state index is 0.0245. The number of hydrogen-bond donors (Lipinski definition) is 1. The molecule has 0 bridgehead atoms. The van der Waals surface area contributed by atoms with E-state index in [1.54, 1.807) is 29.8 Å². The zero-order valence-corrected chi connectivity index (χ0v) is 13.4. The topological polar surface area (TPSA) is 59.9 Å². The standard InChI is InChI=1S/C12H18N4OS2/c1-12(2,3)9-8(18-7(14-9)6-17-5)10-15-16-11(13-4)19-10/h6H2,1-5H3,(H,13,16). The van der Waals surface area contributed by atoms with E-state index in [0.29, 0.717) is 6.61 Å². The van der Waals surface area contributed by atoms with Crippen molar-refractivity contribution in [1.29, 1.82) is 0 Å². The quantitative estimate of drug-likeness (QED) is 0.939. The van der Waals surface area contributed by atoms with E-state index in [0.717, 1.165) is 25.7 Å². The van der Waals surface area contributed by atoms with Gasteiger partial charge in [0.1, 0.15) is 5.01 Å². The Morgan fingerprint density at radius 2 is 1.95 bits per heavy atom. The molecule has 0 aliphatic rings. The molecular weight excluding hydrogens is 280 g/mol.